The van der Waals surface area contributed by atoms with Gasteiger partial charge in [0.1, 0.15) is 18.0 Å². The van der Waals surface area contributed by atoms with Crippen molar-refractivity contribution in [2.75, 3.05) is 13.1 Å². The van der Waals surface area contributed by atoms with Crippen LogP contribution >= 0.6 is 11.6 Å². The van der Waals surface area contributed by atoms with Crippen LogP contribution in [0.3, 0.4) is 0 Å². The molecule has 3 aromatic rings. The van der Waals surface area contributed by atoms with Gasteiger partial charge in [0.15, 0.2) is 5.58 Å². The number of fused-ring (bicyclic) bond motifs is 1. The lowest BCUT2D eigenvalue weighted by Crippen LogP contribution is -3.11. The number of hydrogen-bond donors (Lipinski definition) is 2. The molecule has 1 fully saturated rings. The Labute approximate surface area is 180 Å². The Morgan fingerprint density at radius 2 is 1.74 bits per heavy atom. The molecule has 0 radical (unpaired) electrons. The first-order valence-corrected chi connectivity index (χ1v) is 10.3. The highest BCUT2D eigenvalue weighted by Gasteiger charge is 2.41. The molecule has 0 aliphatic carbocycles. The molecule has 0 saturated carbocycles. The Kier molecular flexibility index (Phi) is 5.85. The van der Waals surface area contributed by atoms with Crippen LogP contribution in [0.15, 0.2) is 45.6 Å². The molecule has 0 atom stereocenters. The largest absolute Gasteiger partial charge is 0.507 e. The normalized spacial score (nSPS) is 15.4. The van der Waals surface area contributed by atoms with Gasteiger partial charge in [-0.15, -0.1) is 0 Å². The van der Waals surface area contributed by atoms with Crippen molar-refractivity contribution in [3.63, 3.8) is 0 Å². The smallest absolute Gasteiger partial charge is 0.453 e. The topological polar surface area (TPSA) is 64.1 Å². The summed E-state index contributed by atoms with van der Waals surface area (Å²) in [7, 11) is 0. The Balaban J connectivity index is 1.87. The molecule has 0 spiro atoms. The van der Waals surface area contributed by atoms with Crippen LogP contribution in [-0.4, -0.2) is 18.2 Å². The molecule has 31 heavy (non-hydrogen) atoms. The van der Waals surface area contributed by atoms with Gasteiger partial charge < -0.3 is 19.2 Å². The minimum absolute atomic E-state index is 0.0123. The molecule has 4 rings (SSSR count). The number of hydrogen-bond acceptors (Lipinski definition) is 4. The number of quaternary nitrogens is 1. The van der Waals surface area contributed by atoms with E-state index in [0.29, 0.717) is 5.02 Å². The lowest BCUT2D eigenvalue weighted by molar-refractivity contribution is -0.918. The van der Waals surface area contributed by atoms with Gasteiger partial charge in [-0.2, -0.15) is 13.2 Å². The zero-order valence-corrected chi connectivity index (χ0v) is 17.1. The third kappa shape index (κ3) is 4.50. The second kappa shape index (κ2) is 8.43. The Morgan fingerprint density at radius 1 is 1.06 bits per heavy atom. The molecule has 0 unspecified atom stereocenters. The standard InChI is InChI=1S/C22H19ClF3NO4/c23-13-4-6-14(7-5-13)30-20-18(29)15-8-9-17(28)16(12-27-10-2-1-3-11-27)19(15)31-21(20)22(24,25)26/h4-9,28H,1-3,10-12H2/p+1. The van der Waals surface area contributed by atoms with E-state index in [1.807, 2.05) is 0 Å². The summed E-state index contributed by atoms with van der Waals surface area (Å²) >= 11 is 5.80. The van der Waals surface area contributed by atoms with E-state index in [2.05, 4.69) is 0 Å². The summed E-state index contributed by atoms with van der Waals surface area (Å²) in [6, 6.07) is 8.13. The summed E-state index contributed by atoms with van der Waals surface area (Å²) in [6.07, 6.45) is -1.88. The van der Waals surface area contributed by atoms with E-state index in [9.17, 15) is 23.1 Å². The molecule has 2 aromatic carbocycles. The van der Waals surface area contributed by atoms with Crippen LogP contribution in [0.4, 0.5) is 13.2 Å². The van der Waals surface area contributed by atoms with Crippen molar-refractivity contribution in [2.24, 2.45) is 0 Å². The molecule has 0 bridgehead atoms. The number of ether oxygens (including phenoxy) is 1. The van der Waals surface area contributed by atoms with Gasteiger partial charge in [-0.25, -0.2) is 0 Å². The van der Waals surface area contributed by atoms with Gasteiger partial charge in [-0.1, -0.05) is 11.6 Å². The van der Waals surface area contributed by atoms with Crippen LogP contribution in [-0.2, 0) is 12.7 Å². The summed E-state index contributed by atoms with van der Waals surface area (Å²) in [5.41, 5.74) is -1.03. The second-order valence-corrected chi connectivity index (χ2v) is 8.01. The number of benzene rings is 2. The van der Waals surface area contributed by atoms with Crippen LogP contribution in [0.5, 0.6) is 17.2 Å². The van der Waals surface area contributed by atoms with Gasteiger partial charge in [0.25, 0.3) is 5.76 Å². The zero-order chi connectivity index (χ0) is 22.2. The minimum Gasteiger partial charge on any atom is -0.507 e. The maximum atomic E-state index is 13.8. The van der Waals surface area contributed by atoms with E-state index < -0.39 is 23.1 Å². The fourth-order valence-corrected chi connectivity index (χ4v) is 3.96. The Morgan fingerprint density at radius 3 is 2.39 bits per heavy atom. The molecule has 9 heteroatoms. The number of halogens is 4. The summed E-state index contributed by atoms with van der Waals surface area (Å²) in [5.74, 6) is -2.68. The Hall–Kier alpha value is -2.71. The van der Waals surface area contributed by atoms with Crippen molar-refractivity contribution in [3.8, 4) is 17.2 Å². The van der Waals surface area contributed by atoms with Crippen molar-refractivity contribution >= 4 is 22.6 Å². The van der Waals surface area contributed by atoms with Gasteiger partial charge >= 0.3 is 6.18 Å². The third-order valence-corrected chi connectivity index (χ3v) is 5.63. The van der Waals surface area contributed by atoms with Crippen LogP contribution in [0.25, 0.3) is 11.0 Å². The van der Waals surface area contributed by atoms with Crippen molar-refractivity contribution in [3.05, 3.63) is 63.0 Å². The molecular weight excluding hydrogens is 435 g/mol. The molecule has 1 aliphatic heterocycles. The van der Waals surface area contributed by atoms with Gasteiger partial charge in [0.2, 0.25) is 11.2 Å². The molecule has 2 N–H and O–H groups in total. The van der Waals surface area contributed by atoms with Gasteiger partial charge in [0, 0.05) is 5.02 Å². The third-order valence-electron chi connectivity index (χ3n) is 5.38. The molecule has 2 heterocycles. The van der Waals surface area contributed by atoms with Gasteiger partial charge in [-0.3, -0.25) is 4.79 Å². The highest BCUT2D eigenvalue weighted by atomic mass is 35.5. The first kappa shape index (κ1) is 21.5. The molecule has 1 aliphatic rings. The van der Waals surface area contributed by atoms with E-state index in [4.69, 9.17) is 20.8 Å². The average Bonchev–Trinajstić information content (AvgIpc) is 2.73. The van der Waals surface area contributed by atoms with Crippen LogP contribution in [0.2, 0.25) is 5.02 Å². The van der Waals surface area contributed by atoms with Crippen molar-refractivity contribution < 1.29 is 32.3 Å². The zero-order valence-electron chi connectivity index (χ0n) is 16.4. The number of phenolic OH excluding ortho intramolecular Hbond substituents is 1. The lowest BCUT2D eigenvalue weighted by atomic mass is 10.1. The highest BCUT2D eigenvalue weighted by Crippen LogP contribution is 2.39. The highest BCUT2D eigenvalue weighted by molar-refractivity contribution is 6.30. The maximum Gasteiger partial charge on any atom is 0.453 e. The van der Waals surface area contributed by atoms with E-state index in [1.54, 1.807) is 0 Å². The number of likely N-dealkylation sites (tertiary alicyclic amines) is 1. The summed E-state index contributed by atoms with van der Waals surface area (Å²) in [4.78, 5) is 14.1. The van der Waals surface area contributed by atoms with E-state index >= 15 is 0 Å². The maximum absolute atomic E-state index is 13.8. The van der Waals surface area contributed by atoms with Gasteiger partial charge in [0.05, 0.1) is 24.0 Å². The summed E-state index contributed by atoms with van der Waals surface area (Å²) in [6.45, 7) is 1.94. The molecule has 0 amide bonds. The lowest BCUT2D eigenvalue weighted by Gasteiger charge is -2.24. The van der Waals surface area contributed by atoms with Crippen LogP contribution in [0.1, 0.15) is 30.6 Å². The molecule has 1 aromatic heterocycles. The van der Waals surface area contributed by atoms with E-state index in [-0.39, 0.29) is 34.6 Å². The fraction of sp³-hybridized carbons (Fsp3) is 0.318. The number of alkyl halides is 3. The monoisotopic (exact) mass is 454 g/mol. The SMILES string of the molecule is O=c1c(Oc2ccc(Cl)cc2)c(C(F)(F)F)oc2c(C[NH+]3CCCCC3)c(O)ccc12. The second-order valence-electron chi connectivity index (χ2n) is 7.57. The van der Waals surface area contributed by atoms with Crippen molar-refractivity contribution in [1.29, 1.82) is 0 Å². The first-order valence-electron chi connectivity index (χ1n) is 9.90. The van der Waals surface area contributed by atoms with Crippen molar-refractivity contribution in [2.45, 2.75) is 32.0 Å². The van der Waals surface area contributed by atoms with Gasteiger partial charge in [-0.05, 0) is 55.7 Å². The summed E-state index contributed by atoms with van der Waals surface area (Å²) in [5, 5.41) is 10.6. The number of piperidine rings is 1. The van der Waals surface area contributed by atoms with Crippen molar-refractivity contribution in [1.82, 2.24) is 0 Å². The molecule has 164 valence electrons. The van der Waals surface area contributed by atoms with Crippen LogP contribution < -0.4 is 15.1 Å². The first-order chi connectivity index (χ1) is 14.7. The quantitative estimate of drug-likeness (QED) is 0.608. The summed E-state index contributed by atoms with van der Waals surface area (Å²) < 4.78 is 52.0. The molecular formula is C22H20ClF3NO4+. The predicted octanol–water partition coefficient (Wildman–Crippen LogP) is 4.53. The number of aromatic hydroxyl groups is 1. The number of phenols is 1. The molecule has 1 saturated heterocycles. The van der Waals surface area contributed by atoms with E-state index in [1.165, 1.54) is 36.4 Å². The number of nitrogens with one attached hydrogen (secondary N) is 1. The van der Waals surface area contributed by atoms with E-state index in [0.717, 1.165) is 37.3 Å². The Bertz CT molecular complexity index is 1150. The fourth-order valence-electron chi connectivity index (χ4n) is 3.84. The number of rotatable bonds is 4. The average molecular weight is 455 g/mol. The predicted molar refractivity (Wildman–Crippen MR) is 109 cm³/mol. The minimum atomic E-state index is -4.98. The van der Waals surface area contributed by atoms with Crippen LogP contribution in [0, 0.1) is 0 Å². The molecule has 5 nitrogen and oxygen atoms in total.